The second kappa shape index (κ2) is 40.8. The molecule has 58 heavy (non-hydrogen) atoms. The molecular weight excluding hydrogens is 721 g/mol. The molecule has 0 heterocycles. The van der Waals surface area contributed by atoms with E-state index in [9.17, 15) is 30.6 Å². The third-order valence-electron chi connectivity index (χ3n) is 13.5. The fourth-order valence-electron chi connectivity index (χ4n) is 8.80. The predicted octanol–water partition coefficient (Wildman–Crippen LogP) is 14.4. The fourth-order valence-corrected chi connectivity index (χ4v) is 8.80. The number of hydrogen-bond acceptors (Lipinski definition) is 6. The smallest absolute Gasteiger partial charge is 0.116 e. The van der Waals surface area contributed by atoms with E-state index in [-0.39, 0.29) is 0 Å². The summed E-state index contributed by atoms with van der Waals surface area (Å²) < 4.78 is 0. The Kier molecular flexibility index (Phi) is 40.6. The van der Waals surface area contributed by atoms with Crippen LogP contribution in [0.15, 0.2) is 0 Å². The topological polar surface area (TPSA) is 121 Å². The van der Waals surface area contributed by atoms with Gasteiger partial charge in [0.25, 0.3) is 0 Å². The van der Waals surface area contributed by atoms with Crippen molar-refractivity contribution in [3.05, 3.63) is 0 Å². The summed E-state index contributed by atoms with van der Waals surface area (Å²) in [4.78, 5) is 0. The Balaban J connectivity index is 3.86. The molecule has 0 aliphatic heterocycles. The first-order chi connectivity index (χ1) is 28.0. The summed E-state index contributed by atoms with van der Waals surface area (Å²) in [5.74, 6) is 0. The van der Waals surface area contributed by atoms with Gasteiger partial charge < -0.3 is 30.6 Å². The van der Waals surface area contributed by atoms with E-state index >= 15 is 0 Å². The zero-order valence-corrected chi connectivity index (χ0v) is 39.7. The van der Waals surface area contributed by atoms with Gasteiger partial charge in [0, 0.05) is 0 Å². The molecule has 0 aliphatic rings. The minimum Gasteiger partial charge on any atom is -0.390 e. The zero-order chi connectivity index (χ0) is 43.0. The molecule has 0 aliphatic carbocycles. The Labute approximate surface area is 362 Å². The summed E-state index contributed by atoms with van der Waals surface area (Å²) in [5.41, 5.74) is -4.02. The molecular formula is C52H106O6. The van der Waals surface area contributed by atoms with Gasteiger partial charge in [-0.05, 0) is 26.7 Å². The van der Waals surface area contributed by atoms with E-state index in [2.05, 4.69) is 13.8 Å². The molecule has 2 unspecified atom stereocenters. The van der Waals surface area contributed by atoms with Gasteiger partial charge >= 0.3 is 0 Å². The Bertz CT molecular complexity index is 752. The molecule has 0 aromatic carbocycles. The van der Waals surface area contributed by atoms with Crippen molar-refractivity contribution < 1.29 is 30.6 Å². The lowest BCUT2D eigenvalue weighted by Gasteiger charge is -2.42. The van der Waals surface area contributed by atoms with Crippen LogP contribution in [0.4, 0.5) is 0 Å². The van der Waals surface area contributed by atoms with Crippen LogP contribution in [-0.2, 0) is 0 Å². The maximum atomic E-state index is 11.0. The van der Waals surface area contributed by atoms with Crippen molar-refractivity contribution in [2.45, 2.75) is 333 Å². The van der Waals surface area contributed by atoms with Crippen LogP contribution in [0.5, 0.6) is 0 Å². The molecule has 0 bridgehead atoms. The number of rotatable bonds is 47. The van der Waals surface area contributed by atoms with Crippen molar-refractivity contribution in [1.29, 1.82) is 0 Å². The van der Waals surface area contributed by atoms with Gasteiger partial charge in [-0.25, -0.2) is 0 Å². The van der Waals surface area contributed by atoms with Crippen LogP contribution in [0.3, 0.4) is 0 Å². The normalized spacial score (nSPS) is 16.2. The summed E-state index contributed by atoms with van der Waals surface area (Å²) in [5, 5.41) is 65.3. The van der Waals surface area contributed by atoms with Gasteiger partial charge in [0.1, 0.15) is 23.4 Å². The average Bonchev–Trinajstić information content (AvgIpc) is 3.21. The Hall–Kier alpha value is -0.240. The molecule has 0 saturated carbocycles. The van der Waals surface area contributed by atoms with Crippen LogP contribution < -0.4 is 0 Å². The lowest BCUT2D eigenvalue weighted by atomic mass is 9.78. The van der Waals surface area contributed by atoms with E-state index in [0.29, 0.717) is 12.8 Å². The molecule has 0 saturated heterocycles. The minimum absolute atomic E-state index is 0.305. The van der Waals surface area contributed by atoms with Crippen LogP contribution in [0.25, 0.3) is 0 Å². The van der Waals surface area contributed by atoms with Gasteiger partial charge in [-0.2, -0.15) is 0 Å². The molecule has 6 atom stereocenters. The fraction of sp³-hybridized carbons (Fsp3) is 1.00. The first kappa shape index (κ1) is 57.8. The second-order valence-electron chi connectivity index (χ2n) is 19.4. The maximum absolute atomic E-state index is 11.0. The van der Waals surface area contributed by atoms with Crippen LogP contribution >= 0.6 is 0 Å². The molecule has 0 amide bonds. The highest BCUT2D eigenvalue weighted by Gasteiger charge is 2.50. The monoisotopic (exact) mass is 827 g/mol. The van der Waals surface area contributed by atoms with Crippen LogP contribution in [-0.4, -0.2) is 66.3 Å². The largest absolute Gasteiger partial charge is 0.390 e. The minimum atomic E-state index is -2.01. The summed E-state index contributed by atoms with van der Waals surface area (Å²) in [6.45, 7) is 7.18. The first-order valence-electron chi connectivity index (χ1n) is 26.2. The number of aliphatic hydroxyl groups is 6. The second-order valence-corrected chi connectivity index (χ2v) is 19.4. The van der Waals surface area contributed by atoms with Gasteiger partial charge in [-0.3, -0.25) is 0 Å². The molecule has 6 N–H and O–H groups in total. The highest BCUT2D eigenvalue weighted by Crippen LogP contribution is 2.30. The van der Waals surface area contributed by atoms with Gasteiger partial charge in [0.15, 0.2) is 0 Å². The SMILES string of the molecule is CCCCCCCCCCCCCCCCCCCCCCC(O)[C@@](C)(O)[C@@H](O)[C@H](O)[C@](C)(O)C(O)CCCCCCCCCCCCCCCCCCCCCC. The third kappa shape index (κ3) is 32.5. The lowest BCUT2D eigenvalue weighted by Crippen LogP contribution is -2.63. The van der Waals surface area contributed by atoms with E-state index in [1.807, 2.05) is 0 Å². The summed E-state index contributed by atoms with van der Waals surface area (Å²) in [6.07, 6.45) is 46.3. The molecule has 0 radical (unpaired) electrons. The highest BCUT2D eigenvalue weighted by atomic mass is 16.4. The van der Waals surface area contributed by atoms with Crippen molar-refractivity contribution in [3.8, 4) is 0 Å². The van der Waals surface area contributed by atoms with E-state index in [0.717, 1.165) is 38.5 Å². The van der Waals surface area contributed by atoms with E-state index < -0.39 is 35.6 Å². The number of aliphatic hydroxyl groups excluding tert-OH is 4. The molecule has 0 spiro atoms. The summed E-state index contributed by atoms with van der Waals surface area (Å²) >= 11 is 0. The van der Waals surface area contributed by atoms with Crippen LogP contribution in [0, 0.1) is 0 Å². The molecule has 0 rings (SSSR count). The van der Waals surface area contributed by atoms with Gasteiger partial charge in [0.05, 0.1) is 12.2 Å². The van der Waals surface area contributed by atoms with Crippen molar-refractivity contribution in [3.63, 3.8) is 0 Å². The Morgan fingerprint density at radius 3 is 0.552 bits per heavy atom. The van der Waals surface area contributed by atoms with Crippen molar-refractivity contribution >= 4 is 0 Å². The summed E-state index contributed by atoms with van der Waals surface area (Å²) in [7, 11) is 0. The quantitative estimate of drug-likeness (QED) is 0.0340. The molecule has 0 aromatic rings. The molecule has 6 heteroatoms. The zero-order valence-electron chi connectivity index (χ0n) is 39.7. The Morgan fingerprint density at radius 1 is 0.259 bits per heavy atom. The van der Waals surface area contributed by atoms with Gasteiger partial charge in [-0.15, -0.1) is 0 Å². The van der Waals surface area contributed by atoms with Crippen molar-refractivity contribution in [1.82, 2.24) is 0 Å². The van der Waals surface area contributed by atoms with E-state index in [1.54, 1.807) is 0 Å². The van der Waals surface area contributed by atoms with Crippen molar-refractivity contribution in [2.24, 2.45) is 0 Å². The van der Waals surface area contributed by atoms with Crippen molar-refractivity contribution in [2.75, 3.05) is 0 Å². The van der Waals surface area contributed by atoms with Crippen LogP contribution in [0.2, 0.25) is 0 Å². The summed E-state index contributed by atoms with van der Waals surface area (Å²) in [6, 6.07) is 0. The molecule has 350 valence electrons. The van der Waals surface area contributed by atoms with E-state index in [4.69, 9.17) is 0 Å². The molecule has 0 aromatic heterocycles. The number of unbranched alkanes of at least 4 members (excludes halogenated alkanes) is 38. The van der Waals surface area contributed by atoms with Gasteiger partial charge in [-0.1, -0.05) is 271 Å². The first-order valence-corrected chi connectivity index (χ1v) is 26.2. The highest BCUT2D eigenvalue weighted by molar-refractivity contribution is 5.01. The van der Waals surface area contributed by atoms with E-state index in [1.165, 1.54) is 232 Å². The maximum Gasteiger partial charge on any atom is 0.116 e. The predicted molar refractivity (Wildman–Crippen MR) is 251 cm³/mol. The third-order valence-corrected chi connectivity index (χ3v) is 13.5. The number of hydrogen-bond donors (Lipinski definition) is 6. The Morgan fingerprint density at radius 2 is 0.397 bits per heavy atom. The average molecular weight is 827 g/mol. The van der Waals surface area contributed by atoms with Crippen LogP contribution in [0.1, 0.15) is 297 Å². The lowest BCUT2D eigenvalue weighted by molar-refractivity contribution is -0.224. The molecule has 6 nitrogen and oxygen atoms in total. The standard InChI is InChI=1S/C52H106O6/c1-5-7-9-11-13-15-17-19-21-23-25-27-29-31-33-35-37-39-41-43-45-47(53)51(3,57)49(55)50(56)52(4,58)48(54)46-44-42-40-38-36-34-32-30-28-26-24-22-20-18-16-14-12-10-8-6-2/h47-50,53-58H,5-46H2,1-4H3/t47?,48?,49-,50-,51+,52+/m0/s1. The van der Waals surface area contributed by atoms with Gasteiger partial charge in [0.2, 0.25) is 0 Å². The molecule has 0 fully saturated rings.